The highest BCUT2D eigenvalue weighted by Gasteiger charge is 2.45. The van der Waals surface area contributed by atoms with Gasteiger partial charge in [-0.3, -0.25) is 9.78 Å². The van der Waals surface area contributed by atoms with Crippen molar-refractivity contribution >= 4 is 71.0 Å². The fraction of sp³-hybridized carbons (Fsp3) is 0.500. The van der Waals surface area contributed by atoms with Gasteiger partial charge in [-0.2, -0.15) is 4.31 Å². The van der Waals surface area contributed by atoms with Gasteiger partial charge >= 0.3 is 6.09 Å². The zero-order valence-corrected chi connectivity index (χ0v) is 29.7. The van der Waals surface area contributed by atoms with Crippen LogP contribution >= 0.6 is 22.9 Å². The zero-order chi connectivity index (χ0) is 32.6. The molecule has 3 aromatic rings. The largest absolute Gasteiger partial charge is 0.443 e. The van der Waals surface area contributed by atoms with Crippen LogP contribution < -0.4 is 0 Å². The monoisotopic (exact) mass is 679 g/mol. The summed E-state index contributed by atoms with van der Waals surface area (Å²) in [7, 11) is -5.22. The third-order valence-electron chi connectivity index (χ3n) is 6.93. The van der Waals surface area contributed by atoms with E-state index in [1.165, 1.54) is 26.3 Å². The Labute approximate surface area is 270 Å². The van der Waals surface area contributed by atoms with Crippen molar-refractivity contribution in [3.63, 3.8) is 0 Å². The third kappa shape index (κ3) is 8.18. The highest BCUT2D eigenvalue weighted by molar-refractivity contribution is 7.92. The van der Waals surface area contributed by atoms with Gasteiger partial charge in [0.15, 0.2) is 0 Å². The second-order valence-electron chi connectivity index (χ2n) is 13.1. The van der Waals surface area contributed by atoms with E-state index < -0.39 is 54.2 Å². The van der Waals surface area contributed by atoms with E-state index in [2.05, 4.69) is 4.98 Å². The highest BCUT2D eigenvalue weighted by Crippen LogP contribution is 2.33. The minimum Gasteiger partial charge on any atom is -0.443 e. The SMILES string of the molecule is C[Si](C)O[C@@H](C1CN(S(=O)(=O)/C=C/c2ccc(Cl)s2)CC(=O)N1Cc1cc2cnccc2n1C(=O)OC(C)(C)C)C(C)(C)C. The maximum atomic E-state index is 14.0. The standard InChI is InChI=1S/C30H40ClN4O6S2Si/c1-29(2,3)27(41-44(7)8)24-18-33(43(38,39)14-12-22-9-10-25(31)42-22)19-26(36)34(24)17-21-15-20-16-32-13-11-23(20)35(21)28(37)40-30(4,5)6/h9-16,24,27H,17-19H2,1-8H3/b14-12+/t24?,27-/m0/s1. The lowest BCUT2D eigenvalue weighted by Crippen LogP contribution is -2.63. The van der Waals surface area contributed by atoms with E-state index in [1.54, 1.807) is 56.3 Å². The molecule has 10 nitrogen and oxygen atoms in total. The number of halogens is 1. The molecule has 0 aliphatic carbocycles. The summed E-state index contributed by atoms with van der Waals surface area (Å²) in [6.07, 6.45) is 3.67. The molecule has 14 heteroatoms. The van der Waals surface area contributed by atoms with Crippen molar-refractivity contribution in [2.24, 2.45) is 5.41 Å². The van der Waals surface area contributed by atoms with Crippen LogP contribution in [-0.2, 0) is 30.5 Å². The molecule has 0 bridgehead atoms. The molecule has 239 valence electrons. The Bertz CT molecular complexity index is 1660. The van der Waals surface area contributed by atoms with E-state index in [1.807, 2.05) is 39.9 Å². The van der Waals surface area contributed by atoms with Crippen molar-refractivity contribution in [1.29, 1.82) is 0 Å². The van der Waals surface area contributed by atoms with Crippen LogP contribution in [0.4, 0.5) is 4.79 Å². The number of rotatable bonds is 8. The number of piperazine rings is 1. The third-order valence-corrected chi connectivity index (χ3v) is 10.3. The Balaban J connectivity index is 1.76. The summed E-state index contributed by atoms with van der Waals surface area (Å²) in [6, 6.07) is 6.34. The fourth-order valence-electron chi connectivity index (χ4n) is 5.13. The molecular formula is C30H40ClN4O6S2Si. The number of carbonyl (C=O) groups is 2. The summed E-state index contributed by atoms with van der Waals surface area (Å²) >= 11 is 7.28. The number of aromatic nitrogens is 2. The lowest BCUT2D eigenvalue weighted by Gasteiger charge is -2.48. The first kappa shape index (κ1) is 34.3. The van der Waals surface area contributed by atoms with Gasteiger partial charge in [0, 0.05) is 40.3 Å². The summed E-state index contributed by atoms with van der Waals surface area (Å²) in [5.41, 5.74) is -0.0602. The number of fused-ring (bicyclic) bond motifs is 1. The van der Waals surface area contributed by atoms with Crippen LogP contribution in [-0.4, -0.2) is 79.1 Å². The molecule has 1 saturated heterocycles. The first-order chi connectivity index (χ1) is 20.4. The smallest absolute Gasteiger partial charge is 0.419 e. The first-order valence-corrected chi connectivity index (χ1v) is 19.3. The molecule has 1 aliphatic heterocycles. The van der Waals surface area contributed by atoms with Crippen molar-refractivity contribution in [3.8, 4) is 0 Å². The highest BCUT2D eigenvalue weighted by atomic mass is 35.5. The summed E-state index contributed by atoms with van der Waals surface area (Å²) in [6.45, 7) is 15.2. The molecule has 0 saturated carbocycles. The summed E-state index contributed by atoms with van der Waals surface area (Å²) in [5.74, 6) is -0.393. The van der Waals surface area contributed by atoms with Crippen LogP contribution in [0.25, 0.3) is 17.0 Å². The van der Waals surface area contributed by atoms with Crippen molar-refractivity contribution in [3.05, 3.63) is 57.0 Å². The van der Waals surface area contributed by atoms with Crippen molar-refractivity contribution in [1.82, 2.24) is 18.8 Å². The normalized spacial score (nSPS) is 18.1. The Hall–Kier alpha value is -2.55. The molecule has 44 heavy (non-hydrogen) atoms. The lowest BCUT2D eigenvalue weighted by molar-refractivity contribution is -0.144. The topological polar surface area (TPSA) is 111 Å². The van der Waals surface area contributed by atoms with Crippen molar-refractivity contribution in [2.45, 2.75) is 78.9 Å². The molecule has 2 atom stereocenters. The number of pyridine rings is 1. The van der Waals surface area contributed by atoms with Gasteiger partial charge in [-0.15, -0.1) is 11.3 Å². The number of sulfonamides is 1. The van der Waals surface area contributed by atoms with Gasteiger partial charge < -0.3 is 14.1 Å². The number of hydrogen-bond acceptors (Lipinski definition) is 8. The number of carbonyl (C=O) groups excluding carboxylic acids is 2. The maximum Gasteiger partial charge on any atom is 0.419 e. The molecule has 1 unspecified atom stereocenters. The van der Waals surface area contributed by atoms with E-state index in [-0.39, 0.29) is 19.6 Å². The number of nitrogens with zero attached hydrogens (tertiary/aromatic N) is 4. The second kappa shape index (κ2) is 13.0. The lowest BCUT2D eigenvalue weighted by atomic mass is 9.83. The molecule has 1 amide bonds. The van der Waals surface area contributed by atoms with E-state index in [4.69, 9.17) is 20.8 Å². The van der Waals surface area contributed by atoms with E-state index >= 15 is 0 Å². The second-order valence-corrected chi connectivity index (χ2v) is 18.7. The average Bonchev–Trinajstić information content (AvgIpc) is 3.48. The number of hydrogen-bond donors (Lipinski definition) is 0. The van der Waals surface area contributed by atoms with E-state index in [0.717, 1.165) is 5.41 Å². The Morgan fingerprint density at radius 1 is 1.20 bits per heavy atom. The van der Waals surface area contributed by atoms with E-state index in [9.17, 15) is 18.0 Å². The summed E-state index contributed by atoms with van der Waals surface area (Å²) in [5, 5.41) is 1.83. The van der Waals surface area contributed by atoms with Gasteiger partial charge in [0.2, 0.25) is 25.0 Å². The minimum atomic E-state index is -3.97. The number of amides is 1. The molecule has 0 N–H and O–H groups in total. The molecule has 1 aliphatic rings. The minimum absolute atomic E-state index is 0.0227. The zero-order valence-electron chi connectivity index (χ0n) is 26.3. The first-order valence-electron chi connectivity index (χ1n) is 14.2. The van der Waals surface area contributed by atoms with Crippen molar-refractivity contribution in [2.75, 3.05) is 13.1 Å². The average molecular weight is 680 g/mol. The molecule has 1 fully saturated rings. The molecule has 0 spiro atoms. The van der Waals surface area contributed by atoms with Crippen LogP contribution in [0.2, 0.25) is 17.4 Å². The van der Waals surface area contributed by atoms with E-state index in [0.29, 0.717) is 25.8 Å². The van der Waals surface area contributed by atoms with Gasteiger partial charge in [-0.05, 0) is 69.6 Å². The predicted octanol–water partition coefficient (Wildman–Crippen LogP) is 6.23. The Kier molecular flexibility index (Phi) is 10.2. The van der Waals surface area contributed by atoms with Gasteiger partial charge in [-0.25, -0.2) is 17.8 Å². The van der Waals surface area contributed by atoms with Gasteiger partial charge in [0.05, 0.1) is 35.1 Å². The van der Waals surface area contributed by atoms with Crippen LogP contribution in [0.15, 0.2) is 42.1 Å². The van der Waals surface area contributed by atoms with Crippen LogP contribution in [0.3, 0.4) is 0 Å². The summed E-state index contributed by atoms with van der Waals surface area (Å²) in [4.78, 5) is 34.0. The molecule has 4 heterocycles. The molecular weight excluding hydrogens is 640 g/mol. The quantitative estimate of drug-likeness (QED) is 0.260. The number of thiophene rings is 1. The fourth-order valence-corrected chi connectivity index (χ4v) is 8.34. The van der Waals surface area contributed by atoms with Crippen LogP contribution in [0, 0.1) is 5.41 Å². The summed E-state index contributed by atoms with van der Waals surface area (Å²) < 4.78 is 42.5. The molecule has 0 aromatic carbocycles. The number of ether oxygens (including phenoxy) is 1. The molecule has 3 aromatic heterocycles. The Morgan fingerprint density at radius 3 is 2.50 bits per heavy atom. The maximum absolute atomic E-state index is 14.0. The van der Waals surface area contributed by atoms with Crippen molar-refractivity contribution < 1.29 is 27.2 Å². The molecule has 4 rings (SSSR count). The van der Waals surface area contributed by atoms with Gasteiger partial charge in [-0.1, -0.05) is 32.4 Å². The predicted molar refractivity (Wildman–Crippen MR) is 176 cm³/mol. The van der Waals surface area contributed by atoms with Gasteiger partial charge in [0.1, 0.15) is 5.60 Å². The van der Waals surface area contributed by atoms with Crippen LogP contribution in [0.5, 0.6) is 0 Å². The van der Waals surface area contributed by atoms with Crippen LogP contribution in [0.1, 0.15) is 52.1 Å². The molecule has 1 radical (unpaired) electrons. The Morgan fingerprint density at radius 2 is 1.91 bits per heavy atom. The van der Waals surface area contributed by atoms with Gasteiger partial charge in [0.25, 0.3) is 0 Å².